The molecular weight excluding hydrogens is 370 g/mol. The first-order valence-electron chi connectivity index (χ1n) is 8.17. The minimum absolute atomic E-state index is 0.0590. The van der Waals surface area contributed by atoms with Crippen molar-refractivity contribution in [2.75, 3.05) is 33.0 Å². The van der Waals surface area contributed by atoms with Crippen LogP contribution in [-0.2, 0) is 21.4 Å². The first-order valence-corrected chi connectivity index (χ1v) is 10.5. The fourth-order valence-corrected chi connectivity index (χ4v) is 4.17. The molecule has 0 saturated heterocycles. The van der Waals surface area contributed by atoms with E-state index in [9.17, 15) is 13.2 Å². The number of thiophene rings is 1. The third-order valence-electron chi connectivity index (χ3n) is 4.25. The summed E-state index contributed by atoms with van der Waals surface area (Å²) in [6.45, 7) is 4.43. The maximum atomic E-state index is 12.4. The molecule has 1 N–H and O–H groups in total. The summed E-state index contributed by atoms with van der Waals surface area (Å²) in [6, 6.07) is 7.19. The molecule has 0 saturated carbocycles. The number of carbonyl (C=O) groups is 1. The van der Waals surface area contributed by atoms with Crippen LogP contribution in [0.4, 0.5) is 5.69 Å². The first-order chi connectivity index (χ1) is 12.1. The minimum atomic E-state index is -3.53. The second-order valence-electron chi connectivity index (χ2n) is 6.38. The predicted octanol–water partition coefficient (Wildman–Crippen LogP) is 2.69. The third-order valence-corrected chi connectivity index (χ3v) is 6.90. The van der Waals surface area contributed by atoms with E-state index in [0.29, 0.717) is 12.2 Å². The fraction of sp³-hybridized carbons (Fsp3) is 0.389. The first kappa shape index (κ1) is 20.4. The highest BCUT2D eigenvalue weighted by molar-refractivity contribution is 7.89. The molecule has 0 bridgehead atoms. The lowest BCUT2D eigenvalue weighted by atomic mass is 10.1. The second-order valence-corrected chi connectivity index (χ2v) is 9.57. The summed E-state index contributed by atoms with van der Waals surface area (Å²) >= 11 is 1.61. The number of hydrogen-bond donors (Lipinski definition) is 1. The van der Waals surface area contributed by atoms with Gasteiger partial charge in [-0.1, -0.05) is 6.07 Å². The van der Waals surface area contributed by atoms with E-state index in [1.807, 2.05) is 31.4 Å². The highest BCUT2D eigenvalue weighted by Gasteiger charge is 2.20. The number of nitrogens with zero attached hydrogens (tertiary/aromatic N) is 2. The quantitative estimate of drug-likeness (QED) is 0.783. The molecule has 1 aromatic heterocycles. The van der Waals surface area contributed by atoms with Gasteiger partial charge in [0.15, 0.2) is 0 Å². The number of benzene rings is 1. The van der Waals surface area contributed by atoms with Crippen molar-refractivity contribution >= 4 is 33.0 Å². The van der Waals surface area contributed by atoms with E-state index in [0.717, 1.165) is 16.0 Å². The van der Waals surface area contributed by atoms with E-state index >= 15 is 0 Å². The number of anilines is 1. The van der Waals surface area contributed by atoms with Crippen LogP contribution in [-0.4, -0.2) is 51.2 Å². The Hall–Kier alpha value is -1.90. The Bertz CT molecular complexity index is 875. The molecule has 0 unspecified atom stereocenters. The van der Waals surface area contributed by atoms with Crippen LogP contribution in [0.2, 0.25) is 0 Å². The summed E-state index contributed by atoms with van der Waals surface area (Å²) in [4.78, 5) is 15.4. The van der Waals surface area contributed by atoms with Crippen LogP contribution in [0.5, 0.6) is 0 Å². The van der Waals surface area contributed by atoms with Gasteiger partial charge in [-0.15, -0.1) is 11.3 Å². The van der Waals surface area contributed by atoms with Crippen LogP contribution in [0.1, 0.15) is 16.0 Å². The molecule has 1 heterocycles. The van der Waals surface area contributed by atoms with Gasteiger partial charge in [-0.05, 0) is 48.6 Å². The van der Waals surface area contributed by atoms with Gasteiger partial charge in [-0.25, -0.2) is 12.7 Å². The summed E-state index contributed by atoms with van der Waals surface area (Å²) in [5, 5.41) is 5.08. The van der Waals surface area contributed by atoms with E-state index in [1.54, 1.807) is 35.4 Å². The molecule has 2 rings (SSSR count). The lowest BCUT2D eigenvalue weighted by Gasteiger charge is -2.19. The molecule has 1 amide bonds. The maximum Gasteiger partial charge on any atom is 0.242 e. The zero-order valence-corrected chi connectivity index (χ0v) is 17.4. The molecule has 2 aromatic rings. The normalized spacial score (nSPS) is 11.6. The number of amides is 1. The average Bonchev–Trinajstić information content (AvgIpc) is 3.08. The lowest BCUT2D eigenvalue weighted by molar-refractivity contribution is -0.128. The SMILES string of the molecule is Cc1cc(S(=O)(=O)N(C)C)cc(NCC(=O)N(C)Cc2cccs2)c1C. The largest absolute Gasteiger partial charge is 0.376 e. The van der Waals surface area contributed by atoms with Gasteiger partial charge in [0.25, 0.3) is 0 Å². The summed E-state index contributed by atoms with van der Waals surface area (Å²) in [6.07, 6.45) is 0. The Morgan fingerprint density at radius 1 is 1.19 bits per heavy atom. The van der Waals surface area contributed by atoms with Crippen molar-refractivity contribution in [3.8, 4) is 0 Å². The average molecular weight is 396 g/mol. The number of sulfonamides is 1. The van der Waals surface area contributed by atoms with Gasteiger partial charge >= 0.3 is 0 Å². The lowest BCUT2D eigenvalue weighted by Crippen LogP contribution is -2.31. The van der Waals surface area contributed by atoms with E-state index in [1.165, 1.54) is 18.4 Å². The highest BCUT2D eigenvalue weighted by Crippen LogP contribution is 2.25. The summed E-state index contributed by atoms with van der Waals surface area (Å²) in [5.74, 6) is -0.0590. The molecule has 0 aliphatic heterocycles. The van der Waals surface area contributed by atoms with Gasteiger partial charge in [0.2, 0.25) is 15.9 Å². The molecule has 0 atom stereocenters. The summed E-state index contributed by atoms with van der Waals surface area (Å²) in [7, 11) is 1.23. The second kappa shape index (κ2) is 8.20. The van der Waals surface area contributed by atoms with Crippen molar-refractivity contribution < 1.29 is 13.2 Å². The van der Waals surface area contributed by atoms with E-state index < -0.39 is 10.0 Å². The smallest absolute Gasteiger partial charge is 0.242 e. The monoisotopic (exact) mass is 395 g/mol. The third kappa shape index (κ3) is 4.63. The van der Waals surface area contributed by atoms with Crippen LogP contribution in [0, 0.1) is 13.8 Å². The molecule has 0 aliphatic rings. The van der Waals surface area contributed by atoms with Crippen LogP contribution in [0.15, 0.2) is 34.5 Å². The van der Waals surface area contributed by atoms with Gasteiger partial charge in [-0.3, -0.25) is 4.79 Å². The summed E-state index contributed by atoms with van der Waals surface area (Å²) < 4.78 is 26.0. The van der Waals surface area contributed by atoms with Crippen molar-refractivity contribution in [2.24, 2.45) is 0 Å². The Labute approximate surface area is 159 Å². The molecule has 0 spiro atoms. The van der Waals surface area contributed by atoms with E-state index in [-0.39, 0.29) is 17.3 Å². The van der Waals surface area contributed by atoms with E-state index in [4.69, 9.17) is 0 Å². The number of carbonyl (C=O) groups excluding carboxylic acids is 1. The molecular formula is C18H25N3O3S2. The maximum absolute atomic E-state index is 12.4. The van der Waals surface area contributed by atoms with Crippen LogP contribution < -0.4 is 5.32 Å². The van der Waals surface area contributed by atoms with Gasteiger partial charge in [0.1, 0.15) is 0 Å². The molecule has 0 aliphatic carbocycles. The van der Waals surface area contributed by atoms with Gasteiger partial charge in [-0.2, -0.15) is 0 Å². The Morgan fingerprint density at radius 2 is 1.88 bits per heavy atom. The van der Waals surface area contributed by atoms with Crippen molar-refractivity contribution in [2.45, 2.75) is 25.3 Å². The zero-order valence-electron chi connectivity index (χ0n) is 15.7. The Balaban J connectivity index is 2.13. The Morgan fingerprint density at radius 3 is 2.46 bits per heavy atom. The molecule has 0 fully saturated rings. The molecule has 1 aromatic carbocycles. The standard InChI is InChI=1S/C18H25N3O3S2/c1-13-9-16(26(23,24)20(3)4)10-17(14(13)2)19-11-18(22)21(5)12-15-7-6-8-25-15/h6-10,19H,11-12H2,1-5H3. The molecule has 0 radical (unpaired) electrons. The molecule has 6 nitrogen and oxygen atoms in total. The van der Waals surface area contributed by atoms with Crippen molar-refractivity contribution in [3.05, 3.63) is 45.6 Å². The van der Waals surface area contributed by atoms with Crippen LogP contribution in [0.3, 0.4) is 0 Å². The van der Waals surface area contributed by atoms with Gasteiger partial charge in [0, 0.05) is 31.7 Å². The van der Waals surface area contributed by atoms with Crippen molar-refractivity contribution in [1.29, 1.82) is 0 Å². The van der Waals surface area contributed by atoms with Gasteiger partial charge in [0.05, 0.1) is 18.0 Å². The van der Waals surface area contributed by atoms with Crippen molar-refractivity contribution in [1.82, 2.24) is 9.21 Å². The Kier molecular flexibility index (Phi) is 6.44. The molecule has 8 heteroatoms. The molecule has 142 valence electrons. The number of nitrogens with one attached hydrogen (secondary N) is 1. The predicted molar refractivity (Wildman–Crippen MR) is 106 cm³/mol. The number of hydrogen-bond acceptors (Lipinski definition) is 5. The minimum Gasteiger partial charge on any atom is -0.376 e. The van der Waals surface area contributed by atoms with E-state index in [2.05, 4.69) is 5.32 Å². The zero-order chi connectivity index (χ0) is 19.5. The number of rotatable bonds is 7. The van der Waals surface area contributed by atoms with Crippen molar-refractivity contribution in [3.63, 3.8) is 0 Å². The number of aryl methyl sites for hydroxylation is 1. The topological polar surface area (TPSA) is 69.7 Å². The molecule has 26 heavy (non-hydrogen) atoms. The van der Waals surface area contributed by atoms with Gasteiger partial charge < -0.3 is 10.2 Å². The van der Waals surface area contributed by atoms with Crippen LogP contribution >= 0.6 is 11.3 Å². The van der Waals surface area contributed by atoms with Crippen LogP contribution in [0.25, 0.3) is 0 Å². The summed E-state index contributed by atoms with van der Waals surface area (Å²) in [5.41, 5.74) is 2.44. The highest BCUT2D eigenvalue weighted by atomic mass is 32.2. The number of likely N-dealkylation sites (N-methyl/N-ethyl adjacent to an activating group) is 1. The fourth-order valence-electron chi connectivity index (χ4n) is 2.40.